The predicted molar refractivity (Wildman–Crippen MR) is 76.6 cm³/mol. The van der Waals surface area contributed by atoms with Gasteiger partial charge in [0, 0.05) is 23.2 Å². The number of hydrogen-bond donors (Lipinski definition) is 3. The van der Waals surface area contributed by atoms with Crippen LogP contribution in [-0.4, -0.2) is 17.8 Å². The Morgan fingerprint density at radius 3 is 2.61 bits per heavy atom. The van der Waals surface area contributed by atoms with Crippen LogP contribution in [0.5, 0.6) is 0 Å². The van der Waals surface area contributed by atoms with Crippen LogP contribution in [0.2, 0.25) is 0 Å². The Kier molecular flexibility index (Phi) is 4.75. The highest BCUT2D eigenvalue weighted by atomic mass is 32.1. The van der Waals surface area contributed by atoms with E-state index in [0.29, 0.717) is 6.54 Å². The Morgan fingerprint density at radius 1 is 1.22 bits per heavy atom. The average molecular weight is 262 g/mol. The lowest BCUT2D eigenvalue weighted by Crippen LogP contribution is -2.33. The number of nitrogen functional groups attached to an aromatic ring is 1. The largest absolute Gasteiger partial charge is 0.398 e. The zero-order valence-corrected chi connectivity index (χ0v) is 11.0. The topological polar surface area (TPSA) is 58.3 Å². The van der Waals surface area contributed by atoms with Gasteiger partial charge in [0.1, 0.15) is 0 Å². The monoisotopic (exact) mass is 262 g/mol. The average Bonchev–Trinajstić information content (AvgIpc) is 2.81. The van der Waals surface area contributed by atoms with E-state index in [0.717, 1.165) is 17.0 Å². The number of nitrogens with two attached hydrogens (primary N) is 1. The van der Waals surface area contributed by atoms with Crippen LogP contribution in [0, 0.1) is 0 Å². The lowest BCUT2D eigenvalue weighted by atomic mass is 10.1. The molecule has 4 N–H and O–H groups in total. The Bertz CT molecular complexity index is 470. The molecule has 3 nitrogen and oxygen atoms in total. The van der Waals surface area contributed by atoms with Crippen LogP contribution in [0.3, 0.4) is 0 Å². The summed E-state index contributed by atoms with van der Waals surface area (Å²) in [6.07, 6.45) is 0.822. The molecule has 1 atom stereocenters. The number of rotatable bonds is 6. The fourth-order valence-corrected chi connectivity index (χ4v) is 2.58. The molecule has 0 radical (unpaired) electrons. The first-order valence-electron chi connectivity index (χ1n) is 5.99. The summed E-state index contributed by atoms with van der Waals surface area (Å²) in [5, 5.41) is 14.7. The maximum absolute atomic E-state index is 9.39. The van der Waals surface area contributed by atoms with Gasteiger partial charge in [-0.2, -0.15) is 0 Å². The van der Waals surface area contributed by atoms with Crippen LogP contribution < -0.4 is 11.1 Å². The molecule has 18 heavy (non-hydrogen) atoms. The molecule has 2 aromatic rings. The van der Waals surface area contributed by atoms with E-state index in [1.165, 1.54) is 5.56 Å². The fraction of sp³-hybridized carbons (Fsp3) is 0.286. The summed E-state index contributed by atoms with van der Waals surface area (Å²) >= 11 is 1.64. The van der Waals surface area contributed by atoms with Crippen molar-refractivity contribution in [1.29, 1.82) is 0 Å². The number of aliphatic hydroxyl groups is 1. The molecule has 0 amide bonds. The van der Waals surface area contributed by atoms with E-state index in [1.54, 1.807) is 11.3 Å². The molecule has 1 aromatic heterocycles. The molecule has 0 aliphatic carbocycles. The summed E-state index contributed by atoms with van der Waals surface area (Å²) in [6, 6.07) is 12.1. The van der Waals surface area contributed by atoms with Crippen molar-refractivity contribution in [3.63, 3.8) is 0 Å². The summed E-state index contributed by atoms with van der Waals surface area (Å²) in [4.78, 5) is 1.13. The minimum Gasteiger partial charge on any atom is -0.398 e. The molecule has 0 saturated heterocycles. The zero-order chi connectivity index (χ0) is 12.8. The van der Waals surface area contributed by atoms with Gasteiger partial charge in [0.25, 0.3) is 0 Å². The van der Waals surface area contributed by atoms with Gasteiger partial charge in [-0.1, -0.05) is 30.3 Å². The predicted octanol–water partition coefficient (Wildman–Crippen LogP) is 2.02. The fourth-order valence-electron chi connectivity index (χ4n) is 1.83. The Hall–Kier alpha value is -1.36. The van der Waals surface area contributed by atoms with Crippen LogP contribution in [-0.2, 0) is 13.0 Å². The summed E-state index contributed by atoms with van der Waals surface area (Å²) in [5.41, 5.74) is 7.88. The Morgan fingerprint density at radius 2 is 2.00 bits per heavy atom. The first-order chi connectivity index (χ1) is 8.79. The van der Waals surface area contributed by atoms with E-state index in [9.17, 15) is 5.11 Å². The van der Waals surface area contributed by atoms with Crippen molar-refractivity contribution in [1.82, 2.24) is 5.32 Å². The van der Waals surface area contributed by atoms with Crippen LogP contribution >= 0.6 is 11.3 Å². The molecular weight excluding hydrogens is 244 g/mol. The van der Waals surface area contributed by atoms with Crippen molar-refractivity contribution in [2.75, 3.05) is 12.3 Å². The van der Waals surface area contributed by atoms with E-state index >= 15 is 0 Å². The lowest BCUT2D eigenvalue weighted by Gasteiger charge is -2.16. The first kappa shape index (κ1) is 13.1. The second-order valence-electron chi connectivity index (χ2n) is 4.25. The van der Waals surface area contributed by atoms with E-state index in [-0.39, 0.29) is 12.6 Å². The molecular formula is C14H18N2OS. The highest BCUT2D eigenvalue weighted by Crippen LogP contribution is 2.18. The third-order valence-electron chi connectivity index (χ3n) is 2.88. The second-order valence-corrected chi connectivity index (χ2v) is 5.25. The van der Waals surface area contributed by atoms with Crippen LogP contribution in [0.25, 0.3) is 0 Å². The van der Waals surface area contributed by atoms with Gasteiger partial charge >= 0.3 is 0 Å². The molecule has 1 aromatic carbocycles. The smallest absolute Gasteiger partial charge is 0.0587 e. The van der Waals surface area contributed by atoms with Gasteiger partial charge < -0.3 is 16.2 Å². The van der Waals surface area contributed by atoms with Crippen LogP contribution in [0.4, 0.5) is 5.69 Å². The number of benzene rings is 1. The third kappa shape index (κ3) is 3.57. The first-order valence-corrected chi connectivity index (χ1v) is 6.87. The molecule has 0 bridgehead atoms. The number of thiophene rings is 1. The number of aliphatic hydroxyl groups excluding tert-OH is 1. The minimum atomic E-state index is 0.0638. The normalized spacial score (nSPS) is 12.5. The van der Waals surface area contributed by atoms with Gasteiger partial charge in [0.15, 0.2) is 0 Å². The van der Waals surface area contributed by atoms with Crippen molar-refractivity contribution < 1.29 is 5.11 Å². The SMILES string of the molecule is Nc1ccsc1CNC(CO)Cc1ccccc1. The number of anilines is 1. The van der Waals surface area contributed by atoms with Gasteiger partial charge in [0.2, 0.25) is 0 Å². The van der Waals surface area contributed by atoms with Crippen molar-refractivity contribution in [3.8, 4) is 0 Å². The van der Waals surface area contributed by atoms with Crippen LogP contribution in [0.15, 0.2) is 41.8 Å². The van der Waals surface area contributed by atoms with Crippen LogP contribution in [0.1, 0.15) is 10.4 Å². The highest BCUT2D eigenvalue weighted by Gasteiger charge is 2.09. The number of nitrogens with one attached hydrogen (secondary N) is 1. The van der Waals surface area contributed by atoms with E-state index < -0.39 is 0 Å². The molecule has 4 heteroatoms. The number of hydrogen-bond acceptors (Lipinski definition) is 4. The summed E-state index contributed by atoms with van der Waals surface area (Å²) in [5.74, 6) is 0. The van der Waals surface area contributed by atoms with E-state index in [4.69, 9.17) is 5.73 Å². The maximum atomic E-state index is 9.39. The summed E-state index contributed by atoms with van der Waals surface area (Å²) in [6.45, 7) is 0.835. The standard InChI is InChI=1S/C14H18N2OS/c15-13-6-7-18-14(13)9-16-12(10-17)8-11-4-2-1-3-5-11/h1-7,12,16-17H,8-10,15H2. The molecule has 1 heterocycles. The van der Waals surface area contributed by atoms with Crippen molar-refractivity contribution in [2.45, 2.75) is 19.0 Å². The molecule has 0 spiro atoms. The highest BCUT2D eigenvalue weighted by molar-refractivity contribution is 7.10. The van der Waals surface area contributed by atoms with Gasteiger partial charge in [-0.25, -0.2) is 0 Å². The Balaban J connectivity index is 1.88. The summed E-state index contributed by atoms with van der Waals surface area (Å²) in [7, 11) is 0. The molecule has 1 unspecified atom stereocenters. The van der Waals surface area contributed by atoms with Gasteiger partial charge in [0.05, 0.1) is 6.61 Å². The van der Waals surface area contributed by atoms with Crippen molar-refractivity contribution >= 4 is 17.0 Å². The molecule has 0 aliphatic heterocycles. The zero-order valence-electron chi connectivity index (χ0n) is 10.2. The van der Waals surface area contributed by atoms with Gasteiger partial charge in [-0.3, -0.25) is 0 Å². The lowest BCUT2D eigenvalue weighted by molar-refractivity contribution is 0.241. The molecule has 2 rings (SSSR count). The van der Waals surface area contributed by atoms with E-state index in [2.05, 4.69) is 17.4 Å². The second kappa shape index (κ2) is 6.54. The quantitative estimate of drug-likeness (QED) is 0.746. The third-order valence-corrected chi connectivity index (χ3v) is 3.81. The molecule has 0 fully saturated rings. The maximum Gasteiger partial charge on any atom is 0.0587 e. The molecule has 0 saturated carbocycles. The Labute approximate surface area is 111 Å². The molecule has 96 valence electrons. The van der Waals surface area contributed by atoms with Crippen molar-refractivity contribution in [3.05, 3.63) is 52.2 Å². The van der Waals surface area contributed by atoms with Crippen molar-refractivity contribution in [2.24, 2.45) is 0 Å². The summed E-state index contributed by atoms with van der Waals surface area (Å²) < 4.78 is 0. The minimum absolute atomic E-state index is 0.0638. The van der Waals surface area contributed by atoms with Gasteiger partial charge in [-0.15, -0.1) is 11.3 Å². The van der Waals surface area contributed by atoms with Gasteiger partial charge in [-0.05, 0) is 23.4 Å². The van der Waals surface area contributed by atoms with E-state index in [1.807, 2.05) is 29.6 Å². The molecule has 0 aliphatic rings.